The quantitative estimate of drug-likeness (QED) is 0.643. The molecule has 0 saturated heterocycles. The zero-order chi connectivity index (χ0) is 12.8. The first-order chi connectivity index (χ1) is 8.74. The van der Waals surface area contributed by atoms with E-state index in [1.807, 2.05) is 6.07 Å². The van der Waals surface area contributed by atoms with Crippen LogP contribution in [-0.4, -0.2) is 12.3 Å². The molecule has 2 aromatic carbocycles. The smallest absolute Gasteiger partial charge is 0.125 e. The molecule has 4 heteroatoms. The van der Waals surface area contributed by atoms with Crippen molar-refractivity contribution >= 4 is 17.4 Å². The van der Waals surface area contributed by atoms with Crippen LogP contribution < -0.4 is 5.32 Å². The summed E-state index contributed by atoms with van der Waals surface area (Å²) < 4.78 is 25.6. The van der Waals surface area contributed by atoms with E-state index >= 15 is 0 Å². The normalized spacial score (nSPS) is 10.3. The minimum atomic E-state index is -0.244. The fourth-order valence-corrected chi connectivity index (χ4v) is 2.26. The van der Waals surface area contributed by atoms with Crippen molar-refractivity contribution in [3.05, 3.63) is 60.2 Å². The maximum absolute atomic E-state index is 12.9. The van der Waals surface area contributed by atoms with Gasteiger partial charge in [-0.3, -0.25) is 0 Å². The zero-order valence-corrected chi connectivity index (χ0v) is 10.5. The fraction of sp³-hybridized carbons (Fsp3) is 0.143. The lowest BCUT2D eigenvalue weighted by atomic mass is 10.3. The molecule has 94 valence electrons. The van der Waals surface area contributed by atoms with Crippen LogP contribution in [0.1, 0.15) is 0 Å². The highest BCUT2D eigenvalue weighted by Crippen LogP contribution is 2.18. The molecule has 0 atom stereocenters. The molecule has 0 unspecified atom stereocenters. The second-order valence-electron chi connectivity index (χ2n) is 3.74. The molecule has 0 bridgehead atoms. The van der Waals surface area contributed by atoms with Crippen molar-refractivity contribution in [2.24, 2.45) is 0 Å². The van der Waals surface area contributed by atoms with Crippen LogP contribution in [0.2, 0.25) is 0 Å². The van der Waals surface area contributed by atoms with E-state index in [-0.39, 0.29) is 11.6 Å². The van der Waals surface area contributed by atoms with E-state index in [0.29, 0.717) is 0 Å². The summed E-state index contributed by atoms with van der Waals surface area (Å²) in [5, 5.41) is 3.13. The number of nitrogens with one attached hydrogen (secondary N) is 1. The Morgan fingerprint density at radius 1 is 0.944 bits per heavy atom. The van der Waals surface area contributed by atoms with Gasteiger partial charge in [0.05, 0.1) is 0 Å². The van der Waals surface area contributed by atoms with Crippen molar-refractivity contribution in [3.63, 3.8) is 0 Å². The number of rotatable bonds is 5. The molecule has 18 heavy (non-hydrogen) atoms. The zero-order valence-electron chi connectivity index (χ0n) is 9.70. The highest BCUT2D eigenvalue weighted by Gasteiger charge is 1.96. The Morgan fingerprint density at radius 2 is 1.72 bits per heavy atom. The highest BCUT2D eigenvalue weighted by molar-refractivity contribution is 7.99. The van der Waals surface area contributed by atoms with Gasteiger partial charge in [0.2, 0.25) is 0 Å². The Balaban J connectivity index is 1.74. The Morgan fingerprint density at radius 3 is 2.44 bits per heavy atom. The van der Waals surface area contributed by atoms with Crippen LogP contribution in [0.15, 0.2) is 53.4 Å². The third-order valence-electron chi connectivity index (χ3n) is 2.34. The first kappa shape index (κ1) is 12.9. The summed E-state index contributed by atoms with van der Waals surface area (Å²) in [6.45, 7) is 0.728. The average molecular weight is 265 g/mol. The van der Waals surface area contributed by atoms with Gasteiger partial charge in [0.15, 0.2) is 0 Å². The van der Waals surface area contributed by atoms with E-state index in [9.17, 15) is 8.78 Å². The number of anilines is 1. The van der Waals surface area contributed by atoms with Gasteiger partial charge in [0.1, 0.15) is 11.6 Å². The summed E-state index contributed by atoms with van der Waals surface area (Å²) in [5.74, 6) is 0.366. The maximum atomic E-state index is 12.9. The van der Waals surface area contributed by atoms with E-state index < -0.39 is 0 Å². The van der Waals surface area contributed by atoms with E-state index in [1.54, 1.807) is 30.0 Å². The molecule has 0 aromatic heterocycles. The van der Waals surface area contributed by atoms with Crippen LogP contribution in [-0.2, 0) is 0 Å². The summed E-state index contributed by atoms with van der Waals surface area (Å²) in [6.07, 6.45) is 0. The molecule has 0 aliphatic carbocycles. The van der Waals surface area contributed by atoms with Crippen molar-refractivity contribution in [1.29, 1.82) is 0 Å². The SMILES string of the molecule is Fc1ccc(SCCNc2cccc(F)c2)cc1. The summed E-state index contributed by atoms with van der Waals surface area (Å²) in [4.78, 5) is 1.03. The molecule has 0 saturated carbocycles. The fourth-order valence-electron chi connectivity index (χ4n) is 1.49. The lowest BCUT2D eigenvalue weighted by Crippen LogP contribution is -2.03. The van der Waals surface area contributed by atoms with E-state index in [0.717, 1.165) is 22.9 Å². The lowest BCUT2D eigenvalue weighted by Gasteiger charge is -2.06. The van der Waals surface area contributed by atoms with Crippen molar-refractivity contribution in [3.8, 4) is 0 Å². The first-order valence-electron chi connectivity index (χ1n) is 5.62. The van der Waals surface area contributed by atoms with Crippen LogP contribution >= 0.6 is 11.8 Å². The largest absolute Gasteiger partial charge is 0.384 e. The van der Waals surface area contributed by atoms with Crippen LogP contribution in [0.4, 0.5) is 14.5 Å². The Kier molecular flexibility index (Phi) is 4.59. The second-order valence-corrected chi connectivity index (χ2v) is 4.91. The van der Waals surface area contributed by atoms with Crippen molar-refractivity contribution in [2.75, 3.05) is 17.6 Å². The second kappa shape index (κ2) is 6.40. The molecule has 0 radical (unpaired) electrons. The number of hydrogen-bond donors (Lipinski definition) is 1. The summed E-state index contributed by atoms with van der Waals surface area (Å²) in [7, 11) is 0. The molecule has 2 aromatic rings. The molecule has 0 fully saturated rings. The molecular formula is C14H13F2NS. The standard InChI is InChI=1S/C14H13F2NS/c15-11-4-6-14(7-5-11)18-9-8-17-13-3-1-2-12(16)10-13/h1-7,10,17H,8-9H2. The van der Waals surface area contributed by atoms with Crippen LogP contribution in [0.5, 0.6) is 0 Å². The van der Waals surface area contributed by atoms with Crippen LogP contribution in [0, 0.1) is 11.6 Å². The molecule has 0 amide bonds. The summed E-state index contributed by atoms with van der Waals surface area (Å²) in [5.41, 5.74) is 0.773. The molecule has 0 aliphatic rings. The average Bonchev–Trinajstić information content (AvgIpc) is 2.37. The van der Waals surface area contributed by atoms with Crippen LogP contribution in [0.3, 0.4) is 0 Å². The topological polar surface area (TPSA) is 12.0 Å². The molecule has 0 aliphatic heterocycles. The molecule has 0 heterocycles. The minimum Gasteiger partial charge on any atom is -0.384 e. The van der Waals surface area contributed by atoms with Gasteiger partial charge in [-0.15, -0.1) is 11.8 Å². The van der Waals surface area contributed by atoms with E-state index in [2.05, 4.69) is 5.32 Å². The Bertz CT molecular complexity index is 499. The van der Waals surface area contributed by atoms with E-state index in [1.165, 1.54) is 24.3 Å². The van der Waals surface area contributed by atoms with Gasteiger partial charge < -0.3 is 5.32 Å². The Labute approximate surface area is 109 Å². The molecule has 1 nitrogen and oxygen atoms in total. The van der Waals surface area contributed by atoms with Gasteiger partial charge in [0.25, 0.3) is 0 Å². The number of thioether (sulfide) groups is 1. The maximum Gasteiger partial charge on any atom is 0.125 e. The summed E-state index contributed by atoms with van der Waals surface area (Å²) >= 11 is 1.63. The minimum absolute atomic E-state index is 0.225. The Hall–Kier alpha value is -1.55. The molecule has 2 rings (SSSR count). The van der Waals surface area contributed by atoms with E-state index in [4.69, 9.17) is 0 Å². The number of halogens is 2. The predicted octanol–water partition coefficient (Wildman–Crippen LogP) is 4.17. The van der Waals surface area contributed by atoms with Gasteiger partial charge in [-0.05, 0) is 42.5 Å². The third kappa shape index (κ3) is 4.04. The predicted molar refractivity (Wildman–Crippen MR) is 72.0 cm³/mol. The number of benzene rings is 2. The summed E-state index contributed by atoms with van der Waals surface area (Å²) in [6, 6.07) is 12.8. The molecule has 0 spiro atoms. The van der Waals surface area contributed by atoms with Gasteiger partial charge in [-0.1, -0.05) is 6.07 Å². The van der Waals surface area contributed by atoms with Crippen molar-refractivity contribution in [2.45, 2.75) is 4.90 Å². The van der Waals surface area contributed by atoms with Gasteiger partial charge in [0, 0.05) is 22.9 Å². The molecule has 1 N–H and O–H groups in total. The van der Waals surface area contributed by atoms with Gasteiger partial charge in [-0.25, -0.2) is 8.78 Å². The van der Waals surface area contributed by atoms with Gasteiger partial charge in [-0.2, -0.15) is 0 Å². The highest BCUT2D eigenvalue weighted by atomic mass is 32.2. The lowest BCUT2D eigenvalue weighted by molar-refractivity contribution is 0.626. The monoisotopic (exact) mass is 265 g/mol. The third-order valence-corrected chi connectivity index (χ3v) is 3.35. The molecular weight excluding hydrogens is 252 g/mol. The van der Waals surface area contributed by atoms with Gasteiger partial charge >= 0.3 is 0 Å². The van der Waals surface area contributed by atoms with Crippen molar-refractivity contribution < 1.29 is 8.78 Å². The van der Waals surface area contributed by atoms with Crippen LogP contribution in [0.25, 0.3) is 0 Å². The van der Waals surface area contributed by atoms with Crippen molar-refractivity contribution in [1.82, 2.24) is 0 Å². The first-order valence-corrected chi connectivity index (χ1v) is 6.60. The number of hydrogen-bond acceptors (Lipinski definition) is 2.